The van der Waals surface area contributed by atoms with Crippen molar-refractivity contribution in [1.82, 2.24) is 4.90 Å². The SMILES string of the molecule is CCN(CCC(=O)c1ccccc1)CC(C)C#N. The van der Waals surface area contributed by atoms with Crippen LogP contribution in [0.4, 0.5) is 0 Å². The summed E-state index contributed by atoms with van der Waals surface area (Å²) >= 11 is 0. The van der Waals surface area contributed by atoms with Gasteiger partial charge in [0.25, 0.3) is 0 Å². The Hall–Kier alpha value is -1.66. The molecule has 0 aliphatic heterocycles. The van der Waals surface area contributed by atoms with E-state index < -0.39 is 0 Å². The summed E-state index contributed by atoms with van der Waals surface area (Å²) in [7, 11) is 0. The molecule has 0 heterocycles. The Bertz CT molecular complexity index is 408. The molecule has 18 heavy (non-hydrogen) atoms. The zero-order valence-corrected chi connectivity index (χ0v) is 11.1. The number of carbonyl (C=O) groups excluding carboxylic acids is 1. The van der Waals surface area contributed by atoms with E-state index in [4.69, 9.17) is 5.26 Å². The van der Waals surface area contributed by atoms with Gasteiger partial charge in [0.1, 0.15) is 0 Å². The van der Waals surface area contributed by atoms with E-state index in [1.54, 1.807) is 0 Å². The molecule has 0 saturated heterocycles. The first-order valence-electron chi connectivity index (χ1n) is 6.37. The maximum atomic E-state index is 11.9. The van der Waals surface area contributed by atoms with Gasteiger partial charge in [-0.15, -0.1) is 0 Å². The standard InChI is InChI=1S/C15H20N2O/c1-3-17(12-13(2)11-16)10-9-15(18)14-7-5-4-6-8-14/h4-8,13H,3,9-10,12H2,1-2H3. The van der Waals surface area contributed by atoms with Gasteiger partial charge in [0.05, 0.1) is 12.0 Å². The molecule has 0 aliphatic carbocycles. The molecule has 96 valence electrons. The van der Waals surface area contributed by atoms with Crippen LogP contribution in [0.5, 0.6) is 0 Å². The van der Waals surface area contributed by atoms with Crippen molar-refractivity contribution in [2.24, 2.45) is 5.92 Å². The van der Waals surface area contributed by atoms with E-state index >= 15 is 0 Å². The van der Waals surface area contributed by atoms with E-state index in [1.165, 1.54) is 0 Å². The van der Waals surface area contributed by atoms with Crippen molar-refractivity contribution in [3.05, 3.63) is 35.9 Å². The molecule has 0 spiro atoms. The highest BCUT2D eigenvalue weighted by Crippen LogP contribution is 2.05. The molecule has 1 atom stereocenters. The van der Waals surface area contributed by atoms with Crippen LogP contribution in [0.2, 0.25) is 0 Å². The summed E-state index contributed by atoms with van der Waals surface area (Å²) in [6.45, 7) is 6.28. The maximum Gasteiger partial charge on any atom is 0.164 e. The van der Waals surface area contributed by atoms with Crippen LogP contribution >= 0.6 is 0 Å². The Kier molecular flexibility index (Phi) is 6.10. The Balaban J connectivity index is 2.44. The molecule has 0 saturated carbocycles. The van der Waals surface area contributed by atoms with Crippen LogP contribution in [0.25, 0.3) is 0 Å². The quantitative estimate of drug-likeness (QED) is 0.693. The summed E-state index contributed by atoms with van der Waals surface area (Å²) in [5, 5.41) is 8.79. The van der Waals surface area contributed by atoms with E-state index in [-0.39, 0.29) is 11.7 Å². The second-order valence-electron chi connectivity index (χ2n) is 4.46. The molecule has 3 nitrogen and oxygen atoms in total. The number of Topliss-reactive ketones (excluding diaryl/α,β-unsaturated/α-hetero) is 1. The number of nitriles is 1. The molecule has 1 aromatic rings. The number of carbonyl (C=O) groups is 1. The summed E-state index contributed by atoms with van der Waals surface area (Å²) in [5.41, 5.74) is 0.766. The van der Waals surface area contributed by atoms with Crippen molar-refractivity contribution in [3.8, 4) is 6.07 Å². The van der Waals surface area contributed by atoms with Crippen molar-refractivity contribution >= 4 is 5.78 Å². The average molecular weight is 244 g/mol. The highest BCUT2D eigenvalue weighted by atomic mass is 16.1. The summed E-state index contributed by atoms with van der Waals surface area (Å²) in [6, 6.07) is 11.6. The molecule has 1 aromatic carbocycles. The summed E-state index contributed by atoms with van der Waals surface area (Å²) < 4.78 is 0. The van der Waals surface area contributed by atoms with Crippen LogP contribution in [0.15, 0.2) is 30.3 Å². The first-order valence-corrected chi connectivity index (χ1v) is 6.37. The van der Waals surface area contributed by atoms with Crippen molar-refractivity contribution in [3.63, 3.8) is 0 Å². The molecular weight excluding hydrogens is 224 g/mol. The van der Waals surface area contributed by atoms with Crippen molar-refractivity contribution in [1.29, 1.82) is 5.26 Å². The lowest BCUT2D eigenvalue weighted by atomic mass is 10.1. The molecule has 1 rings (SSSR count). The lowest BCUT2D eigenvalue weighted by molar-refractivity contribution is 0.0963. The maximum absolute atomic E-state index is 11.9. The first kappa shape index (κ1) is 14.4. The van der Waals surface area contributed by atoms with Crippen LogP contribution in [0.3, 0.4) is 0 Å². The fraction of sp³-hybridized carbons (Fsp3) is 0.467. The van der Waals surface area contributed by atoms with E-state index in [0.717, 1.165) is 25.2 Å². The third-order valence-electron chi connectivity index (χ3n) is 2.95. The predicted molar refractivity (Wildman–Crippen MR) is 72.3 cm³/mol. The summed E-state index contributed by atoms with van der Waals surface area (Å²) in [5.74, 6) is 0.176. The van der Waals surface area contributed by atoms with Gasteiger partial charge in [-0.1, -0.05) is 37.3 Å². The van der Waals surface area contributed by atoms with Gasteiger partial charge in [-0.05, 0) is 13.5 Å². The van der Waals surface area contributed by atoms with E-state index in [2.05, 4.69) is 17.9 Å². The number of nitrogens with zero attached hydrogens (tertiary/aromatic N) is 2. The average Bonchev–Trinajstić information content (AvgIpc) is 2.43. The van der Waals surface area contributed by atoms with Gasteiger partial charge in [0, 0.05) is 25.1 Å². The Morgan fingerprint density at radius 2 is 2.06 bits per heavy atom. The largest absolute Gasteiger partial charge is 0.302 e. The first-order chi connectivity index (χ1) is 8.67. The normalized spacial score (nSPS) is 12.1. The minimum Gasteiger partial charge on any atom is -0.302 e. The molecule has 3 heteroatoms. The van der Waals surface area contributed by atoms with Crippen LogP contribution in [-0.2, 0) is 0 Å². The molecule has 0 amide bonds. The minimum atomic E-state index is 0.0109. The van der Waals surface area contributed by atoms with Gasteiger partial charge in [-0.2, -0.15) is 5.26 Å². The Morgan fingerprint density at radius 1 is 1.39 bits per heavy atom. The van der Waals surface area contributed by atoms with Gasteiger partial charge >= 0.3 is 0 Å². The number of ketones is 1. The Labute approximate surface area is 109 Å². The number of hydrogen-bond acceptors (Lipinski definition) is 3. The lowest BCUT2D eigenvalue weighted by Crippen LogP contribution is -2.30. The van der Waals surface area contributed by atoms with Gasteiger partial charge in [-0.25, -0.2) is 0 Å². The van der Waals surface area contributed by atoms with Crippen molar-refractivity contribution in [2.45, 2.75) is 20.3 Å². The molecule has 1 unspecified atom stereocenters. The topological polar surface area (TPSA) is 44.1 Å². The molecule has 0 aliphatic rings. The van der Waals surface area contributed by atoms with Crippen LogP contribution < -0.4 is 0 Å². The van der Waals surface area contributed by atoms with Gasteiger partial charge in [0.15, 0.2) is 5.78 Å². The second kappa shape index (κ2) is 7.62. The van der Waals surface area contributed by atoms with Gasteiger partial charge in [0.2, 0.25) is 0 Å². The highest BCUT2D eigenvalue weighted by molar-refractivity contribution is 5.96. The van der Waals surface area contributed by atoms with Crippen LogP contribution in [0.1, 0.15) is 30.6 Å². The Morgan fingerprint density at radius 3 is 2.61 bits per heavy atom. The molecule has 0 fully saturated rings. The second-order valence-corrected chi connectivity index (χ2v) is 4.46. The number of benzene rings is 1. The summed E-state index contributed by atoms with van der Waals surface area (Å²) in [4.78, 5) is 14.1. The predicted octanol–water partition coefficient (Wildman–Crippen LogP) is 2.74. The van der Waals surface area contributed by atoms with Gasteiger partial charge < -0.3 is 4.90 Å². The molecule has 0 aromatic heterocycles. The zero-order chi connectivity index (χ0) is 13.4. The third kappa shape index (κ3) is 4.68. The number of hydrogen-bond donors (Lipinski definition) is 0. The molecule has 0 bridgehead atoms. The fourth-order valence-corrected chi connectivity index (χ4v) is 1.83. The monoisotopic (exact) mass is 244 g/mol. The van der Waals surface area contributed by atoms with E-state index in [9.17, 15) is 4.79 Å². The van der Waals surface area contributed by atoms with E-state index in [0.29, 0.717) is 6.42 Å². The number of rotatable bonds is 7. The zero-order valence-electron chi connectivity index (χ0n) is 11.1. The van der Waals surface area contributed by atoms with Crippen LogP contribution in [0, 0.1) is 17.2 Å². The minimum absolute atomic E-state index is 0.0109. The smallest absolute Gasteiger partial charge is 0.164 e. The van der Waals surface area contributed by atoms with Crippen molar-refractivity contribution in [2.75, 3.05) is 19.6 Å². The van der Waals surface area contributed by atoms with Gasteiger partial charge in [-0.3, -0.25) is 4.79 Å². The molecule has 0 N–H and O–H groups in total. The third-order valence-corrected chi connectivity index (χ3v) is 2.95. The van der Waals surface area contributed by atoms with E-state index in [1.807, 2.05) is 37.3 Å². The van der Waals surface area contributed by atoms with Crippen LogP contribution in [-0.4, -0.2) is 30.3 Å². The molecule has 0 radical (unpaired) electrons. The molecular formula is C15H20N2O. The summed E-state index contributed by atoms with van der Waals surface area (Å²) in [6.07, 6.45) is 0.510. The fourth-order valence-electron chi connectivity index (χ4n) is 1.83. The van der Waals surface area contributed by atoms with Crippen molar-refractivity contribution < 1.29 is 4.79 Å². The lowest BCUT2D eigenvalue weighted by Gasteiger charge is -2.20. The highest BCUT2D eigenvalue weighted by Gasteiger charge is 2.11.